The van der Waals surface area contributed by atoms with Gasteiger partial charge in [0.2, 0.25) is 0 Å². The van der Waals surface area contributed by atoms with E-state index in [1.165, 1.54) is 18.2 Å². The Balaban J connectivity index is 1.99. The van der Waals surface area contributed by atoms with Gasteiger partial charge >= 0.3 is 5.97 Å². The van der Waals surface area contributed by atoms with Gasteiger partial charge in [0.1, 0.15) is 0 Å². The predicted octanol–water partition coefficient (Wildman–Crippen LogP) is 2.85. The Morgan fingerprint density at radius 2 is 1.92 bits per heavy atom. The highest BCUT2D eigenvalue weighted by Crippen LogP contribution is 2.23. The number of nitro benzene ring substituents is 1. The van der Waals surface area contributed by atoms with E-state index in [2.05, 4.69) is 0 Å². The van der Waals surface area contributed by atoms with Crippen LogP contribution < -0.4 is 0 Å². The number of nitro groups is 1. The highest BCUT2D eigenvalue weighted by atomic mass is 16.6. The molecule has 1 aliphatic heterocycles. The molecule has 0 aromatic heterocycles. The van der Waals surface area contributed by atoms with Crippen LogP contribution in [-0.4, -0.2) is 40.4 Å². The summed E-state index contributed by atoms with van der Waals surface area (Å²) in [4.78, 5) is 36.5. The van der Waals surface area contributed by atoms with Crippen molar-refractivity contribution in [2.45, 2.75) is 52.1 Å². The number of ether oxygens (including phenoxy) is 1. The molecule has 1 heterocycles. The minimum atomic E-state index is -0.654. The lowest BCUT2D eigenvalue weighted by Crippen LogP contribution is -2.49. The Labute approximate surface area is 140 Å². The minimum absolute atomic E-state index is 0.0569. The molecule has 1 saturated heterocycles. The number of hydrogen-bond donors (Lipinski definition) is 0. The number of amides is 1. The normalized spacial score (nSPS) is 20.5. The number of aryl methyl sites for hydroxylation is 1. The fraction of sp³-hybridized carbons (Fsp3) is 0.529. The number of likely N-dealkylation sites (tertiary alicyclic amines) is 1. The number of hydrogen-bond acceptors (Lipinski definition) is 5. The van der Waals surface area contributed by atoms with Crippen molar-refractivity contribution >= 4 is 17.6 Å². The van der Waals surface area contributed by atoms with E-state index >= 15 is 0 Å². The van der Waals surface area contributed by atoms with Crippen molar-refractivity contribution in [3.8, 4) is 0 Å². The lowest BCUT2D eigenvalue weighted by molar-refractivity contribution is -0.385. The van der Waals surface area contributed by atoms with Gasteiger partial charge in [-0.3, -0.25) is 14.9 Å². The van der Waals surface area contributed by atoms with Crippen molar-refractivity contribution in [2.24, 2.45) is 0 Å². The van der Waals surface area contributed by atoms with E-state index in [0.717, 1.165) is 19.3 Å². The highest BCUT2D eigenvalue weighted by molar-refractivity contribution is 5.92. The minimum Gasteiger partial charge on any atom is -0.452 e. The zero-order chi connectivity index (χ0) is 17.9. The van der Waals surface area contributed by atoms with E-state index in [1.807, 2.05) is 13.8 Å². The largest absolute Gasteiger partial charge is 0.452 e. The average molecular weight is 334 g/mol. The lowest BCUT2D eigenvalue weighted by atomic mass is 9.97. The first kappa shape index (κ1) is 17.9. The molecule has 1 fully saturated rings. The smallest absolute Gasteiger partial charge is 0.338 e. The van der Waals surface area contributed by atoms with Gasteiger partial charge in [-0.15, -0.1) is 0 Å². The lowest BCUT2D eigenvalue weighted by Gasteiger charge is -2.38. The van der Waals surface area contributed by atoms with E-state index < -0.39 is 10.9 Å². The Hall–Kier alpha value is -2.44. The maximum absolute atomic E-state index is 12.3. The molecule has 1 aromatic rings. The highest BCUT2D eigenvalue weighted by Gasteiger charge is 2.29. The fourth-order valence-corrected chi connectivity index (χ4v) is 3.19. The summed E-state index contributed by atoms with van der Waals surface area (Å²) in [5.41, 5.74) is 0.517. The maximum atomic E-state index is 12.3. The number of benzene rings is 1. The van der Waals surface area contributed by atoms with Crippen LogP contribution in [0.1, 0.15) is 49.0 Å². The van der Waals surface area contributed by atoms with Crippen LogP contribution in [0.5, 0.6) is 0 Å². The standard InChI is InChI=1S/C17H22N2O5/c1-11-9-14(7-8-15(11)19(22)23)17(21)24-10-16(20)18-12(2)5-4-6-13(18)3/h7-9,12-13H,4-6,10H2,1-3H3/t12-,13-/m1/s1. The van der Waals surface area contributed by atoms with E-state index in [9.17, 15) is 19.7 Å². The SMILES string of the molecule is Cc1cc(C(=O)OCC(=O)N2[C@H](C)CCC[C@H]2C)ccc1[N+](=O)[O-]. The zero-order valence-corrected chi connectivity index (χ0v) is 14.2. The molecule has 130 valence electrons. The van der Waals surface area contributed by atoms with E-state index in [0.29, 0.717) is 5.56 Å². The molecule has 7 heteroatoms. The van der Waals surface area contributed by atoms with Crippen LogP contribution in [0.2, 0.25) is 0 Å². The summed E-state index contributed by atoms with van der Waals surface area (Å²) in [5, 5.41) is 10.8. The molecule has 1 aliphatic rings. The Bertz CT molecular complexity index is 648. The number of esters is 1. The van der Waals surface area contributed by atoms with Gasteiger partial charge in [-0.1, -0.05) is 0 Å². The van der Waals surface area contributed by atoms with Gasteiger partial charge in [0.25, 0.3) is 11.6 Å². The van der Waals surface area contributed by atoms with E-state index in [1.54, 1.807) is 11.8 Å². The van der Waals surface area contributed by atoms with Gasteiger partial charge in [0.05, 0.1) is 10.5 Å². The number of carbonyl (C=O) groups excluding carboxylic acids is 2. The van der Waals surface area contributed by atoms with Crippen LogP contribution in [0.3, 0.4) is 0 Å². The van der Waals surface area contributed by atoms with Crippen molar-refractivity contribution in [3.63, 3.8) is 0 Å². The zero-order valence-electron chi connectivity index (χ0n) is 14.2. The molecule has 0 N–H and O–H groups in total. The van der Waals surface area contributed by atoms with Crippen LogP contribution in [-0.2, 0) is 9.53 Å². The molecule has 0 unspecified atom stereocenters. The molecule has 0 radical (unpaired) electrons. The Morgan fingerprint density at radius 1 is 1.29 bits per heavy atom. The molecule has 1 aromatic carbocycles. The number of nitrogens with zero attached hydrogens (tertiary/aromatic N) is 2. The summed E-state index contributed by atoms with van der Waals surface area (Å²) < 4.78 is 5.10. The van der Waals surface area contributed by atoms with Crippen molar-refractivity contribution in [1.29, 1.82) is 0 Å². The number of piperidine rings is 1. The maximum Gasteiger partial charge on any atom is 0.338 e. The van der Waals surface area contributed by atoms with Gasteiger partial charge in [-0.2, -0.15) is 0 Å². The first-order valence-corrected chi connectivity index (χ1v) is 8.04. The van der Waals surface area contributed by atoms with Crippen LogP contribution in [0, 0.1) is 17.0 Å². The molecule has 0 aliphatic carbocycles. The summed E-state index contributed by atoms with van der Waals surface area (Å²) >= 11 is 0. The summed E-state index contributed by atoms with van der Waals surface area (Å²) in [6.07, 6.45) is 2.99. The molecule has 0 saturated carbocycles. The van der Waals surface area contributed by atoms with E-state index in [4.69, 9.17) is 4.74 Å². The molecular weight excluding hydrogens is 312 g/mol. The molecular formula is C17H22N2O5. The first-order valence-electron chi connectivity index (χ1n) is 8.04. The number of carbonyl (C=O) groups is 2. The van der Waals surface area contributed by atoms with Crippen LogP contribution in [0.4, 0.5) is 5.69 Å². The predicted molar refractivity (Wildman–Crippen MR) is 87.7 cm³/mol. The molecule has 24 heavy (non-hydrogen) atoms. The fourth-order valence-electron chi connectivity index (χ4n) is 3.19. The third kappa shape index (κ3) is 3.90. The monoisotopic (exact) mass is 334 g/mol. The molecule has 0 bridgehead atoms. The van der Waals surface area contributed by atoms with Crippen LogP contribution in [0.25, 0.3) is 0 Å². The Morgan fingerprint density at radius 3 is 2.46 bits per heavy atom. The van der Waals surface area contributed by atoms with Crippen LogP contribution in [0.15, 0.2) is 18.2 Å². The van der Waals surface area contributed by atoms with Crippen molar-refractivity contribution < 1.29 is 19.2 Å². The number of rotatable bonds is 4. The van der Waals surface area contributed by atoms with Crippen molar-refractivity contribution in [1.82, 2.24) is 4.90 Å². The Kier molecular flexibility index (Phi) is 5.54. The summed E-state index contributed by atoms with van der Waals surface area (Å²) in [6, 6.07) is 4.28. The first-order chi connectivity index (χ1) is 11.3. The summed E-state index contributed by atoms with van der Waals surface area (Å²) in [6.45, 7) is 5.23. The molecule has 2 rings (SSSR count). The second-order valence-corrected chi connectivity index (χ2v) is 6.26. The van der Waals surface area contributed by atoms with Gasteiger partial charge in [-0.05, 0) is 52.2 Å². The van der Waals surface area contributed by atoms with Gasteiger partial charge in [0, 0.05) is 23.7 Å². The van der Waals surface area contributed by atoms with Crippen molar-refractivity contribution in [3.05, 3.63) is 39.4 Å². The van der Waals surface area contributed by atoms with Gasteiger partial charge in [-0.25, -0.2) is 4.79 Å². The second kappa shape index (κ2) is 7.42. The summed E-state index contributed by atoms with van der Waals surface area (Å²) in [7, 11) is 0. The molecule has 7 nitrogen and oxygen atoms in total. The third-order valence-corrected chi connectivity index (χ3v) is 4.44. The van der Waals surface area contributed by atoms with Crippen LogP contribution >= 0.6 is 0 Å². The second-order valence-electron chi connectivity index (χ2n) is 6.26. The van der Waals surface area contributed by atoms with Crippen molar-refractivity contribution in [2.75, 3.05) is 6.61 Å². The van der Waals surface area contributed by atoms with Gasteiger partial charge in [0.15, 0.2) is 6.61 Å². The van der Waals surface area contributed by atoms with E-state index in [-0.39, 0.29) is 35.8 Å². The topological polar surface area (TPSA) is 89.8 Å². The average Bonchev–Trinajstić information content (AvgIpc) is 2.51. The van der Waals surface area contributed by atoms with Gasteiger partial charge < -0.3 is 9.64 Å². The molecule has 1 amide bonds. The third-order valence-electron chi connectivity index (χ3n) is 4.44. The molecule has 0 spiro atoms. The molecule has 2 atom stereocenters. The quantitative estimate of drug-likeness (QED) is 0.480. The summed E-state index contributed by atoms with van der Waals surface area (Å²) in [5.74, 6) is -0.861.